The average Bonchev–Trinajstić information content (AvgIpc) is 2.55. The van der Waals surface area contributed by atoms with Gasteiger partial charge in [0.2, 0.25) is 0 Å². The van der Waals surface area contributed by atoms with Crippen LogP contribution >= 0.6 is 0 Å². The molecule has 10 heteroatoms. The zero-order valence-corrected chi connectivity index (χ0v) is 13.1. The Hall–Kier alpha value is -2.50. The van der Waals surface area contributed by atoms with E-state index in [1.165, 1.54) is 12.1 Å². The minimum absolute atomic E-state index is 0.143. The average molecular weight is 352 g/mol. The van der Waals surface area contributed by atoms with Gasteiger partial charge in [0.15, 0.2) is 11.5 Å². The van der Waals surface area contributed by atoms with Gasteiger partial charge in [-0.25, -0.2) is 0 Å². The highest BCUT2D eigenvalue weighted by Crippen LogP contribution is 2.40. The fourth-order valence-corrected chi connectivity index (χ4v) is 2.63. The number of benzene rings is 2. The Balaban J connectivity index is 2.91. The fourth-order valence-electron chi connectivity index (χ4n) is 1.94. The lowest BCUT2D eigenvalue weighted by atomic mass is 9.99. The van der Waals surface area contributed by atoms with Crippen LogP contribution in [0.3, 0.4) is 0 Å². The lowest BCUT2D eigenvalue weighted by Crippen LogP contribution is -2.07. The molecule has 1 N–H and O–H groups in total. The van der Waals surface area contributed by atoms with Gasteiger partial charge in [0.25, 0.3) is 0 Å². The molecule has 0 heterocycles. The Morgan fingerprint density at radius 3 is 1.87 bits per heavy atom. The van der Waals surface area contributed by atoms with E-state index in [2.05, 4.69) is 4.18 Å². The Morgan fingerprint density at radius 2 is 1.48 bits per heavy atom. The van der Waals surface area contributed by atoms with Crippen molar-refractivity contribution in [3.63, 3.8) is 0 Å². The van der Waals surface area contributed by atoms with E-state index in [4.69, 9.17) is 12.9 Å². The largest absolute Gasteiger partial charge is 0.378 e. The molecule has 0 amide bonds. The van der Waals surface area contributed by atoms with Crippen molar-refractivity contribution in [1.82, 2.24) is 0 Å². The van der Waals surface area contributed by atoms with Crippen LogP contribution in [0, 0.1) is 22.7 Å². The summed E-state index contributed by atoms with van der Waals surface area (Å²) in [4.78, 5) is 0. The Morgan fingerprint density at radius 1 is 1.00 bits per heavy atom. The Kier molecular flexibility index (Phi) is 5.26. The molecule has 0 bridgehead atoms. The van der Waals surface area contributed by atoms with Crippen molar-refractivity contribution in [3.8, 4) is 23.6 Å². The number of hydrogen-bond acceptors (Lipinski definition) is 7. The number of nitrogens with zero attached hydrogens (tertiary/aromatic N) is 2. The summed E-state index contributed by atoms with van der Waals surface area (Å²) >= 11 is -4.88. The molecule has 2 atom stereocenters. The second-order valence-corrected chi connectivity index (χ2v) is 5.44. The summed E-state index contributed by atoms with van der Waals surface area (Å²) in [7, 11) is 1.14. The number of hydrogen-bond donors (Lipinski definition) is 1. The van der Waals surface area contributed by atoms with Gasteiger partial charge >= 0.3 is 22.7 Å². The number of nitriles is 2. The zero-order chi connectivity index (χ0) is 17.0. The zero-order valence-electron chi connectivity index (χ0n) is 11.5. The molecule has 118 valence electrons. The maximum absolute atomic E-state index is 11.5. The molecule has 0 spiro atoms. The highest BCUT2D eigenvalue weighted by atomic mass is 32.2. The van der Waals surface area contributed by atoms with Gasteiger partial charge in [-0.15, -0.1) is 0 Å². The molecule has 8 nitrogen and oxygen atoms in total. The smallest absolute Gasteiger partial charge is 0.359 e. The van der Waals surface area contributed by atoms with E-state index < -0.39 is 22.7 Å². The SMILES string of the molecule is COS(=O)Oc1c(C#N)c(C#N)c(OS(=O)O)c2ccccc12. The molecule has 0 saturated heterocycles. The summed E-state index contributed by atoms with van der Waals surface area (Å²) in [5, 5.41) is 19.1. The van der Waals surface area contributed by atoms with Gasteiger partial charge in [-0.2, -0.15) is 18.9 Å². The summed E-state index contributed by atoms with van der Waals surface area (Å²) in [6, 6.07) is 9.71. The van der Waals surface area contributed by atoms with Gasteiger partial charge < -0.3 is 8.37 Å². The summed E-state index contributed by atoms with van der Waals surface area (Å²) < 4.78 is 45.8. The van der Waals surface area contributed by atoms with Crippen molar-refractivity contribution in [2.75, 3.05) is 7.11 Å². The standard InChI is InChI=1S/C13H8N2O6S2/c1-19-23(18)21-13-9-5-3-2-4-8(9)12(20-22(16)17)10(6-14)11(13)7-15/h2-5H,1H3,(H,16,17). The predicted molar refractivity (Wildman–Crippen MR) is 80.6 cm³/mol. The third-order valence-corrected chi connectivity index (χ3v) is 3.67. The van der Waals surface area contributed by atoms with Gasteiger partial charge in [0.05, 0.1) is 7.11 Å². The monoisotopic (exact) mass is 352 g/mol. The molecular formula is C13H8N2O6S2. The van der Waals surface area contributed by atoms with E-state index in [0.717, 1.165) is 7.11 Å². The maximum atomic E-state index is 11.5. The molecule has 23 heavy (non-hydrogen) atoms. The highest BCUT2D eigenvalue weighted by molar-refractivity contribution is 7.75. The van der Waals surface area contributed by atoms with Crippen molar-refractivity contribution >= 4 is 33.5 Å². The molecular weight excluding hydrogens is 344 g/mol. The first kappa shape index (κ1) is 16.9. The lowest BCUT2D eigenvalue weighted by Gasteiger charge is -2.13. The van der Waals surface area contributed by atoms with Crippen molar-refractivity contribution in [1.29, 1.82) is 10.5 Å². The van der Waals surface area contributed by atoms with E-state index in [9.17, 15) is 18.9 Å². The number of fused-ring (bicyclic) bond motifs is 1. The molecule has 0 aliphatic rings. The van der Waals surface area contributed by atoms with Gasteiger partial charge in [-0.1, -0.05) is 24.3 Å². The van der Waals surface area contributed by atoms with Crippen LogP contribution < -0.4 is 8.37 Å². The van der Waals surface area contributed by atoms with Crippen molar-refractivity contribution in [2.24, 2.45) is 0 Å². The second kappa shape index (κ2) is 7.17. The molecule has 0 fully saturated rings. The quantitative estimate of drug-likeness (QED) is 0.805. The second-order valence-electron chi connectivity index (χ2n) is 3.93. The Bertz CT molecular complexity index is 900. The van der Waals surface area contributed by atoms with Crippen LogP contribution in [0.4, 0.5) is 0 Å². The molecule has 0 saturated carbocycles. The van der Waals surface area contributed by atoms with Crippen LogP contribution in [-0.4, -0.2) is 20.1 Å². The lowest BCUT2D eigenvalue weighted by molar-refractivity contribution is 0.384. The third-order valence-electron chi connectivity index (χ3n) is 2.79. The van der Waals surface area contributed by atoms with E-state index in [0.29, 0.717) is 0 Å². The fraction of sp³-hybridized carbons (Fsp3) is 0.0769. The maximum Gasteiger partial charge on any atom is 0.359 e. The molecule has 0 radical (unpaired) electrons. The normalized spacial score (nSPS) is 12.9. The predicted octanol–water partition coefficient (Wildman–Crippen LogP) is 1.70. The van der Waals surface area contributed by atoms with E-state index in [1.54, 1.807) is 24.3 Å². The molecule has 2 rings (SSSR count). The van der Waals surface area contributed by atoms with Gasteiger partial charge in [-0.3, -0.25) is 8.74 Å². The molecule has 2 aromatic carbocycles. The van der Waals surface area contributed by atoms with Crippen LogP contribution in [-0.2, 0) is 26.9 Å². The first-order valence-corrected chi connectivity index (χ1v) is 7.89. The Labute approximate surface area is 136 Å². The summed E-state index contributed by atoms with van der Waals surface area (Å²) in [6.07, 6.45) is 0. The first-order chi connectivity index (χ1) is 11.0. The molecule has 0 aromatic heterocycles. The van der Waals surface area contributed by atoms with Crippen molar-refractivity contribution < 1.29 is 25.5 Å². The molecule has 0 aliphatic carbocycles. The topological polar surface area (TPSA) is 130 Å². The van der Waals surface area contributed by atoms with Gasteiger partial charge in [-0.05, 0) is 0 Å². The van der Waals surface area contributed by atoms with Crippen molar-refractivity contribution in [3.05, 3.63) is 35.4 Å². The molecule has 0 aliphatic heterocycles. The summed E-state index contributed by atoms with van der Waals surface area (Å²) in [5.41, 5.74) is -0.589. The minimum atomic E-state index is -2.70. The highest BCUT2D eigenvalue weighted by Gasteiger charge is 2.24. The minimum Gasteiger partial charge on any atom is -0.378 e. The molecule has 2 aromatic rings. The summed E-state index contributed by atoms with van der Waals surface area (Å²) in [6.45, 7) is 0. The van der Waals surface area contributed by atoms with Crippen LogP contribution in [0.2, 0.25) is 0 Å². The van der Waals surface area contributed by atoms with Crippen LogP contribution in [0.1, 0.15) is 11.1 Å². The van der Waals surface area contributed by atoms with E-state index in [1.807, 2.05) is 0 Å². The first-order valence-electron chi connectivity index (χ1n) is 5.86. The number of rotatable bonds is 5. The summed E-state index contributed by atoms with van der Waals surface area (Å²) in [5.74, 6) is -0.382. The van der Waals surface area contributed by atoms with Crippen LogP contribution in [0.5, 0.6) is 11.5 Å². The van der Waals surface area contributed by atoms with Gasteiger partial charge in [0, 0.05) is 10.8 Å². The van der Waals surface area contributed by atoms with Gasteiger partial charge in [0.1, 0.15) is 23.3 Å². The van der Waals surface area contributed by atoms with Crippen LogP contribution in [0.15, 0.2) is 24.3 Å². The van der Waals surface area contributed by atoms with E-state index in [-0.39, 0.29) is 33.4 Å². The van der Waals surface area contributed by atoms with Crippen molar-refractivity contribution in [2.45, 2.75) is 0 Å². The van der Waals surface area contributed by atoms with E-state index >= 15 is 0 Å². The third kappa shape index (κ3) is 3.31. The molecule has 2 unspecified atom stereocenters. The van der Waals surface area contributed by atoms with Crippen LogP contribution in [0.25, 0.3) is 10.8 Å².